The molecule has 68 heavy (non-hydrogen) atoms. The third-order valence-corrected chi connectivity index (χ3v) is 15.5. The van der Waals surface area contributed by atoms with E-state index in [2.05, 4.69) is 0 Å². The third-order valence-electron chi connectivity index (χ3n) is 15.5. The minimum absolute atomic E-state index is 0.345. The Hall–Kier alpha value is -1.06. The molecule has 406 valence electrons. The maximum Gasteiger partial charge on any atom is 0.303 e. The predicted molar refractivity (Wildman–Crippen MR) is 302 cm³/mol. The monoisotopic (exact) mass is 959 g/mol. The molecular weight excluding hydrogens is 833 g/mol. The van der Waals surface area contributed by atoms with Crippen LogP contribution in [0.3, 0.4) is 0 Å². The minimum atomic E-state index is -0.647. The topological polar surface area (TPSA) is 74.6 Å². The molecule has 0 aromatic heterocycles. The highest BCUT2D eigenvalue weighted by atomic mass is 16.4. The van der Waals surface area contributed by atoms with Crippen LogP contribution in [0.5, 0.6) is 0 Å². The molecule has 2 N–H and O–H groups in total. The van der Waals surface area contributed by atoms with Gasteiger partial charge in [-0.05, 0) is 12.8 Å². The highest BCUT2D eigenvalue weighted by Crippen LogP contribution is 2.20. The average Bonchev–Trinajstić information content (AvgIpc) is 3.33. The van der Waals surface area contributed by atoms with E-state index in [0.717, 1.165) is 25.7 Å². The SMILES string of the molecule is O=C(O)CCCCCCCCCCCCCCCCCCCCCCCCCCCCCCCCCCCCCCCCCCCCCCCCCCCCCCCCCCCCCCC(=O)O. The zero-order valence-electron chi connectivity index (χ0n) is 46.6. The molecule has 0 aliphatic carbocycles. The highest BCUT2D eigenvalue weighted by Gasteiger charge is 2.01. The summed E-state index contributed by atoms with van der Waals surface area (Å²) in [5.41, 5.74) is 0. The second-order valence-corrected chi connectivity index (χ2v) is 22.5. The molecule has 0 unspecified atom stereocenters. The molecular formula is C64H126O4. The fourth-order valence-electron chi connectivity index (χ4n) is 10.8. The van der Waals surface area contributed by atoms with Crippen LogP contribution in [0.2, 0.25) is 0 Å². The molecule has 0 fully saturated rings. The van der Waals surface area contributed by atoms with Crippen LogP contribution in [0.15, 0.2) is 0 Å². The Morgan fingerprint density at radius 1 is 0.132 bits per heavy atom. The molecule has 0 bridgehead atoms. The van der Waals surface area contributed by atoms with E-state index < -0.39 is 11.9 Å². The second kappa shape index (κ2) is 62.1. The number of carboxylic acid groups (broad SMARTS) is 2. The van der Waals surface area contributed by atoms with E-state index in [-0.39, 0.29) is 0 Å². The lowest BCUT2D eigenvalue weighted by atomic mass is 10.0. The summed E-state index contributed by atoms with van der Waals surface area (Å²) in [6, 6.07) is 0. The van der Waals surface area contributed by atoms with Gasteiger partial charge in [-0.3, -0.25) is 9.59 Å². The van der Waals surface area contributed by atoms with Gasteiger partial charge in [0.1, 0.15) is 0 Å². The molecule has 0 saturated carbocycles. The molecule has 0 radical (unpaired) electrons. The highest BCUT2D eigenvalue weighted by molar-refractivity contribution is 5.66. The van der Waals surface area contributed by atoms with Gasteiger partial charge >= 0.3 is 11.9 Å². The summed E-state index contributed by atoms with van der Waals surface area (Å²) in [5, 5.41) is 17.4. The van der Waals surface area contributed by atoms with Crippen LogP contribution in [-0.2, 0) is 9.59 Å². The van der Waals surface area contributed by atoms with Crippen molar-refractivity contribution >= 4 is 11.9 Å². The minimum Gasteiger partial charge on any atom is -0.481 e. The first-order valence-corrected chi connectivity index (χ1v) is 32.1. The van der Waals surface area contributed by atoms with Crippen LogP contribution in [0, 0.1) is 0 Å². The van der Waals surface area contributed by atoms with Gasteiger partial charge in [0.25, 0.3) is 0 Å². The van der Waals surface area contributed by atoms with E-state index in [1.54, 1.807) is 0 Å². The molecule has 0 heterocycles. The van der Waals surface area contributed by atoms with E-state index in [1.165, 1.54) is 360 Å². The van der Waals surface area contributed by atoms with Gasteiger partial charge in [-0.2, -0.15) is 0 Å². The first kappa shape index (κ1) is 66.9. The molecule has 0 rings (SSSR count). The number of rotatable bonds is 63. The van der Waals surface area contributed by atoms with Crippen molar-refractivity contribution in [3.8, 4) is 0 Å². The van der Waals surface area contributed by atoms with Crippen molar-refractivity contribution in [2.75, 3.05) is 0 Å². The molecule has 0 atom stereocenters. The fraction of sp³-hybridized carbons (Fsp3) is 0.969. The first-order chi connectivity index (χ1) is 33.6. The Balaban J connectivity index is 3.08. The van der Waals surface area contributed by atoms with Gasteiger partial charge in [0.2, 0.25) is 0 Å². The van der Waals surface area contributed by atoms with Crippen LogP contribution < -0.4 is 0 Å². The van der Waals surface area contributed by atoms with Gasteiger partial charge in [0, 0.05) is 12.8 Å². The summed E-state index contributed by atoms with van der Waals surface area (Å²) >= 11 is 0. The summed E-state index contributed by atoms with van der Waals surface area (Å²) in [7, 11) is 0. The van der Waals surface area contributed by atoms with Crippen molar-refractivity contribution in [2.45, 2.75) is 398 Å². The number of carboxylic acids is 2. The zero-order valence-corrected chi connectivity index (χ0v) is 46.6. The standard InChI is InChI=1S/C64H126O4/c65-63(66)61-59-57-55-53-51-49-47-45-43-41-39-37-35-33-31-29-27-25-23-21-19-17-15-13-11-9-7-5-3-1-2-4-6-8-10-12-14-16-18-20-22-24-26-28-30-32-34-36-38-40-42-44-46-48-50-52-54-56-58-60-62-64(67)68/h1-62H2,(H,65,66)(H,67,68). The molecule has 4 heteroatoms. The maximum atomic E-state index is 10.5. The molecule has 0 aromatic carbocycles. The largest absolute Gasteiger partial charge is 0.481 e. The molecule has 0 aliphatic heterocycles. The lowest BCUT2D eigenvalue weighted by Gasteiger charge is -2.05. The summed E-state index contributed by atoms with van der Waals surface area (Å²) in [6.07, 6.45) is 85.2. The van der Waals surface area contributed by atoms with E-state index in [0.29, 0.717) is 12.8 Å². The Labute approximate surface area is 428 Å². The predicted octanol–water partition coefficient (Wildman–Crippen LogP) is 23.3. The van der Waals surface area contributed by atoms with Crippen LogP contribution in [0.4, 0.5) is 0 Å². The lowest BCUT2D eigenvalue weighted by molar-refractivity contribution is -0.138. The maximum absolute atomic E-state index is 10.5. The van der Waals surface area contributed by atoms with Crippen LogP contribution in [0.25, 0.3) is 0 Å². The summed E-state index contributed by atoms with van der Waals surface area (Å²) < 4.78 is 0. The van der Waals surface area contributed by atoms with Gasteiger partial charge < -0.3 is 10.2 Å². The van der Waals surface area contributed by atoms with Crippen molar-refractivity contribution in [1.82, 2.24) is 0 Å². The molecule has 4 nitrogen and oxygen atoms in total. The molecule has 0 saturated heterocycles. The van der Waals surface area contributed by atoms with E-state index >= 15 is 0 Å². The Morgan fingerprint density at radius 2 is 0.191 bits per heavy atom. The molecule has 0 spiro atoms. The van der Waals surface area contributed by atoms with Crippen molar-refractivity contribution in [3.63, 3.8) is 0 Å². The second-order valence-electron chi connectivity index (χ2n) is 22.5. The van der Waals surface area contributed by atoms with E-state index in [9.17, 15) is 9.59 Å². The number of aliphatic carboxylic acids is 2. The lowest BCUT2D eigenvalue weighted by Crippen LogP contribution is -1.93. The number of carbonyl (C=O) groups is 2. The Bertz CT molecular complexity index is 859. The summed E-state index contributed by atoms with van der Waals surface area (Å²) in [6.45, 7) is 0. The van der Waals surface area contributed by atoms with Crippen molar-refractivity contribution in [1.29, 1.82) is 0 Å². The smallest absolute Gasteiger partial charge is 0.303 e. The number of hydrogen-bond donors (Lipinski definition) is 2. The summed E-state index contributed by atoms with van der Waals surface area (Å²) in [5.74, 6) is -1.29. The van der Waals surface area contributed by atoms with E-state index in [1.807, 2.05) is 0 Å². The fourth-order valence-corrected chi connectivity index (χ4v) is 10.8. The van der Waals surface area contributed by atoms with Crippen molar-refractivity contribution < 1.29 is 19.8 Å². The number of hydrogen-bond acceptors (Lipinski definition) is 2. The van der Waals surface area contributed by atoms with Gasteiger partial charge in [-0.15, -0.1) is 0 Å². The van der Waals surface area contributed by atoms with Crippen molar-refractivity contribution in [3.05, 3.63) is 0 Å². The van der Waals surface area contributed by atoms with Gasteiger partial charge in [-0.25, -0.2) is 0 Å². The molecule has 0 amide bonds. The van der Waals surface area contributed by atoms with Crippen LogP contribution in [-0.4, -0.2) is 22.2 Å². The van der Waals surface area contributed by atoms with E-state index in [4.69, 9.17) is 10.2 Å². The Morgan fingerprint density at radius 3 is 0.250 bits per heavy atom. The average molecular weight is 960 g/mol. The van der Waals surface area contributed by atoms with Crippen LogP contribution in [0.1, 0.15) is 398 Å². The number of unbranched alkanes of at least 4 members (excludes halogenated alkanes) is 59. The summed E-state index contributed by atoms with van der Waals surface area (Å²) in [4.78, 5) is 21.1. The first-order valence-electron chi connectivity index (χ1n) is 32.1. The normalized spacial score (nSPS) is 11.6. The molecule has 0 aromatic rings. The molecule has 0 aliphatic rings. The van der Waals surface area contributed by atoms with Gasteiger partial charge in [0.15, 0.2) is 0 Å². The van der Waals surface area contributed by atoms with Crippen molar-refractivity contribution in [2.24, 2.45) is 0 Å². The zero-order chi connectivity index (χ0) is 49.0. The van der Waals surface area contributed by atoms with Gasteiger partial charge in [-0.1, -0.05) is 372 Å². The third kappa shape index (κ3) is 64.9. The van der Waals surface area contributed by atoms with Crippen LogP contribution >= 0.6 is 0 Å². The Kier molecular flexibility index (Phi) is 61.1. The quantitative estimate of drug-likeness (QED) is 0.0596. The van der Waals surface area contributed by atoms with Gasteiger partial charge in [0.05, 0.1) is 0 Å².